The lowest BCUT2D eigenvalue weighted by atomic mass is 10.1. The summed E-state index contributed by atoms with van der Waals surface area (Å²) in [4.78, 5) is 59.4. The van der Waals surface area contributed by atoms with Crippen LogP contribution in [0.1, 0.15) is 45.1 Å². The minimum atomic E-state index is -0.252. The van der Waals surface area contributed by atoms with Gasteiger partial charge in [-0.1, -0.05) is 19.1 Å². The Kier molecular flexibility index (Phi) is 16.1. The van der Waals surface area contributed by atoms with E-state index in [4.69, 9.17) is 9.47 Å². The Bertz CT molecular complexity index is 893. The largest absolute Gasteiger partial charge is 0.379 e. The highest BCUT2D eigenvalue weighted by atomic mass is 32.1. The van der Waals surface area contributed by atoms with Crippen molar-refractivity contribution in [1.82, 2.24) is 10.2 Å². The summed E-state index contributed by atoms with van der Waals surface area (Å²) in [5.74, 6) is -0.795. The number of nitrogens with zero attached hydrogens (tertiary/aromatic N) is 1. The molecule has 2 rings (SSSR count). The summed E-state index contributed by atoms with van der Waals surface area (Å²) >= 11 is 3.53. The molecule has 0 radical (unpaired) electrons. The molecule has 0 aliphatic carbocycles. The van der Waals surface area contributed by atoms with Gasteiger partial charge in [0.05, 0.1) is 39.4 Å². The van der Waals surface area contributed by atoms with Crippen molar-refractivity contribution in [1.29, 1.82) is 0 Å². The summed E-state index contributed by atoms with van der Waals surface area (Å²) in [6.45, 7) is 4.96. The number of rotatable bonds is 16. The predicted molar refractivity (Wildman–Crippen MR) is 143 cm³/mol. The number of hydrogen-bond donors (Lipinski definition) is 3. The summed E-state index contributed by atoms with van der Waals surface area (Å²) in [5.41, 5.74) is 1.63. The summed E-state index contributed by atoms with van der Waals surface area (Å²) in [6.07, 6.45) is 3.38. The predicted octanol–water partition coefficient (Wildman–Crippen LogP) is 2.02. The second-order valence-corrected chi connectivity index (χ2v) is 8.51. The fourth-order valence-electron chi connectivity index (χ4n) is 3.43. The molecular weight excluding hydrogens is 498 g/mol. The number of anilines is 1. The third kappa shape index (κ3) is 13.4. The highest BCUT2D eigenvalue weighted by Gasteiger charge is 2.34. The molecule has 1 fully saturated rings. The molecule has 10 nitrogen and oxygen atoms in total. The Hall–Kier alpha value is -2.76. The first kappa shape index (κ1) is 32.3. The molecule has 37 heavy (non-hydrogen) atoms. The number of carbonyl (C=O) groups is 5. The van der Waals surface area contributed by atoms with Crippen molar-refractivity contribution < 1.29 is 33.4 Å². The van der Waals surface area contributed by atoms with Gasteiger partial charge >= 0.3 is 0 Å². The third-order valence-electron chi connectivity index (χ3n) is 5.45. The Labute approximate surface area is 224 Å². The molecular formula is C26H39N3O7S. The van der Waals surface area contributed by atoms with Crippen LogP contribution in [-0.2, 0) is 39.9 Å². The van der Waals surface area contributed by atoms with Gasteiger partial charge in [-0.3, -0.25) is 28.9 Å². The highest BCUT2D eigenvalue weighted by Crippen LogP contribution is 2.18. The molecule has 1 heterocycles. The molecule has 1 aromatic carbocycles. The van der Waals surface area contributed by atoms with Crippen molar-refractivity contribution in [2.45, 2.75) is 46.0 Å². The number of ether oxygens (including phenoxy) is 2. The van der Waals surface area contributed by atoms with E-state index in [0.717, 1.165) is 5.56 Å². The van der Waals surface area contributed by atoms with Gasteiger partial charge in [0.25, 0.3) is 0 Å². The average molecular weight is 538 g/mol. The highest BCUT2D eigenvalue weighted by molar-refractivity contribution is 7.79. The van der Waals surface area contributed by atoms with Crippen LogP contribution in [0.3, 0.4) is 0 Å². The Morgan fingerprint density at radius 2 is 1.59 bits per heavy atom. The smallest absolute Gasteiger partial charge is 0.232 e. The fraction of sp³-hybridized carbons (Fsp3) is 0.577. The van der Waals surface area contributed by atoms with Crippen molar-refractivity contribution in [2.75, 3.05) is 51.1 Å². The first-order valence-corrected chi connectivity index (χ1v) is 13.2. The van der Waals surface area contributed by atoms with Gasteiger partial charge in [-0.15, -0.1) is 0 Å². The number of thiol groups is 1. The van der Waals surface area contributed by atoms with E-state index in [1.807, 2.05) is 12.1 Å². The zero-order valence-electron chi connectivity index (χ0n) is 21.9. The van der Waals surface area contributed by atoms with Gasteiger partial charge in [-0.05, 0) is 37.3 Å². The molecule has 1 atom stereocenters. The van der Waals surface area contributed by atoms with Crippen molar-refractivity contribution in [3.8, 4) is 0 Å². The lowest BCUT2D eigenvalue weighted by Gasteiger charge is -2.14. The van der Waals surface area contributed by atoms with Crippen LogP contribution in [0.25, 0.3) is 0 Å². The second kappa shape index (κ2) is 18.5. The van der Waals surface area contributed by atoms with Crippen LogP contribution in [0.4, 0.5) is 5.69 Å². The van der Waals surface area contributed by atoms with E-state index < -0.39 is 0 Å². The first-order chi connectivity index (χ1) is 17.8. The molecule has 0 spiro atoms. The molecule has 0 bridgehead atoms. The normalized spacial score (nSPS) is 14.7. The van der Waals surface area contributed by atoms with Crippen molar-refractivity contribution in [2.24, 2.45) is 5.92 Å². The summed E-state index contributed by atoms with van der Waals surface area (Å²) in [7, 11) is 0. The van der Waals surface area contributed by atoms with Crippen LogP contribution in [-0.4, -0.2) is 80.1 Å². The van der Waals surface area contributed by atoms with Crippen LogP contribution < -0.4 is 10.6 Å². The molecule has 1 aromatic rings. The SMILES string of the molecule is CC(=O)CCNC(=O)CCc1ccc(NC(=O)CCOCCOCCN2C(=O)CC(C)C2=O)cc1.CS. The molecule has 0 saturated carbocycles. The van der Waals surface area contributed by atoms with Gasteiger partial charge in [0.2, 0.25) is 23.6 Å². The van der Waals surface area contributed by atoms with Crippen LogP contribution in [0.2, 0.25) is 0 Å². The summed E-state index contributed by atoms with van der Waals surface area (Å²) in [6, 6.07) is 7.28. The fourth-order valence-corrected chi connectivity index (χ4v) is 3.43. The van der Waals surface area contributed by atoms with E-state index >= 15 is 0 Å². The number of amides is 4. The Morgan fingerprint density at radius 1 is 0.946 bits per heavy atom. The minimum Gasteiger partial charge on any atom is -0.379 e. The van der Waals surface area contributed by atoms with Crippen LogP contribution in [0.15, 0.2) is 24.3 Å². The molecule has 0 aromatic heterocycles. The number of benzene rings is 1. The van der Waals surface area contributed by atoms with E-state index in [1.54, 1.807) is 25.3 Å². The maximum atomic E-state index is 12.1. The number of nitrogens with one attached hydrogen (secondary N) is 2. The third-order valence-corrected chi connectivity index (χ3v) is 5.45. The van der Waals surface area contributed by atoms with Crippen molar-refractivity contribution in [3.63, 3.8) is 0 Å². The number of likely N-dealkylation sites (tertiary alicyclic amines) is 1. The lowest BCUT2D eigenvalue weighted by molar-refractivity contribution is -0.140. The molecule has 1 aliphatic rings. The maximum Gasteiger partial charge on any atom is 0.232 e. The van der Waals surface area contributed by atoms with E-state index in [2.05, 4.69) is 23.3 Å². The minimum absolute atomic E-state index is 0.0425. The molecule has 11 heteroatoms. The summed E-state index contributed by atoms with van der Waals surface area (Å²) in [5, 5.41) is 5.51. The first-order valence-electron chi connectivity index (χ1n) is 12.4. The number of aryl methyl sites for hydroxylation is 1. The number of hydrogen-bond acceptors (Lipinski definition) is 8. The number of Topliss-reactive ketones (excluding diaryl/α,β-unsaturated/α-hetero) is 1. The quantitative estimate of drug-likeness (QED) is 0.167. The van der Waals surface area contributed by atoms with Gasteiger partial charge in [-0.2, -0.15) is 12.6 Å². The number of carbonyl (C=O) groups excluding carboxylic acids is 5. The average Bonchev–Trinajstić information content (AvgIpc) is 3.11. The van der Waals surface area contributed by atoms with Gasteiger partial charge in [0.15, 0.2) is 0 Å². The zero-order chi connectivity index (χ0) is 27.6. The molecule has 1 aliphatic heterocycles. The Morgan fingerprint density at radius 3 is 2.19 bits per heavy atom. The second-order valence-electron chi connectivity index (χ2n) is 8.51. The number of imide groups is 1. The standard InChI is InChI=1S/C25H35N3O7.CH4S/c1-18-17-24(32)28(25(18)33)12-14-35-16-15-34-13-10-23(31)27-21-6-3-20(4-7-21)5-8-22(30)26-11-9-19(2)29;1-2/h3-4,6-7,18H,5,8-17H2,1-2H3,(H,26,30)(H,27,31);2H,1H3. The van der Waals surface area contributed by atoms with Crippen LogP contribution in [0, 0.1) is 5.92 Å². The van der Waals surface area contributed by atoms with Gasteiger partial charge in [0, 0.05) is 37.4 Å². The topological polar surface area (TPSA) is 131 Å². The van der Waals surface area contributed by atoms with Crippen LogP contribution in [0.5, 0.6) is 0 Å². The monoisotopic (exact) mass is 537 g/mol. The molecule has 4 amide bonds. The van der Waals surface area contributed by atoms with Gasteiger partial charge < -0.3 is 20.1 Å². The van der Waals surface area contributed by atoms with E-state index in [1.165, 1.54) is 11.8 Å². The summed E-state index contributed by atoms with van der Waals surface area (Å²) < 4.78 is 10.8. The molecule has 206 valence electrons. The lowest BCUT2D eigenvalue weighted by Crippen LogP contribution is -2.33. The molecule has 1 saturated heterocycles. The molecule has 2 N–H and O–H groups in total. The van der Waals surface area contributed by atoms with E-state index in [-0.39, 0.29) is 67.9 Å². The van der Waals surface area contributed by atoms with Crippen LogP contribution >= 0.6 is 12.6 Å². The van der Waals surface area contributed by atoms with Gasteiger partial charge in [-0.25, -0.2) is 0 Å². The zero-order valence-corrected chi connectivity index (χ0v) is 22.8. The maximum absolute atomic E-state index is 12.1. The Balaban J connectivity index is 0.00000334. The van der Waals surface area contributed by atoms with E-state index in [9.17, 15) is 24.0 Å². The van der Waals surface area contributed by atoms with E-state index in [0.29, 0.717) is 44.7 Å². The van der Waals surface area contributed by atoms with Gasteiger partial charge in [0.1, 0.15) is 5.78 Å². The molecule has 1 unspecified atom stereocenters. The number of ketones is 1. The van der Waals surface area contributed by atoms with Crippen molar-refractivity contribution >= 4 is 47.7 Å². The van der Waals surface area contributed by atoms with Crippen molar-refractivity contribution in [3.05, 3.63) is 29.8 Å².